The molecule has 92 valence electrons. The highest BCUT2D eigenvalue weighted by molar-refractivity contribution is 7.80. The molecule has 1 amide bonds. The van der Waals surface area contributed by atoms with E-state index in [1.54, 1.807) is 12.1 Å². The third-order valence-corrected chi connectivity index (χ3v) is 2.98. The van der Waals surface area contributed by atoms with Crippen LogP contribution in [0.4, 0.5) is 5.69 Å². The Balaban J connectivity index is 1.96. The summed E-state index contributed by atoms with van der Waals surface area (Å²) in [5.41, 5.74) is 1.70. The van der Waals surface area contributed by atoms with Crippen LogP contribution in [0.3, 0.4) is 0 Å². The SMILES string of the molecule is O=C(Cc1ccc(Cl)cc1)Nc1ccc(S)cc1. The van der Waals surface area contributed by atoms with E-state index in [4.69, 9.17) is 11.6 Å². The van der Waals surface area contributed by atoms with Crippen LogP contribution in [-0.2, 0) is 11.2 Å². The normalized spacial score (nSPS) is 10.1. The Labute approximate surface area is 116 Å². The molecule has 0 atom stereocenters. The third kappa shape index (κ3) is 3.79. The summed E-state index contributed by atoms with van der Waals surface area (Å²) in [6.07, 6.45) is 0.333. The van der Waals surface area contributed by atoms with Gasteiger partial charge >= 0.3 is 0 Å². The summed E-state index contributed by atoms with van der Waals surface area (Å²) < 4.78 is 0. The molecule has 0 bridgehead atoms. The minimum absolute atomic E-state index is 0.0516. The van der Waals surface area contributed by atoms with Crippen molar-refractivity contribution in [2.45, 2.75) is 11.3 Å². The van der Waals surface area contributed by atoms with E-state index in [1.807, 2.05) is 36.4 Å². The van der Waals surface area contributed by atoms with Gasteiger partial charge in [-0.25, -0.2) is 0 Å². The quantitative estimate of drug-likeness (QED) is 0.821. The van der Waals surface area contributed by atoms with Crippen LogP contribution in [0.25, 0.3) is 0 Å². The number of anilines is 1. The first-order chi connectivity index (χ1) is 8.63. The maximum atomic E-state index is 11.8. The highest BCUT2D eigenvalue weighted by Gasteiger charge is 2.03. The molecule has 0 aliphatic rings. The van der Waals surface area contributed by atoms with E-state index < -0.39 is 0 Å². The minimum atomic E-state index is -0.0516. The second-order valence-electron chi connectivity index (χ2n) is 3.90. The standard InChI is InChI=1S/C14H12ClNOS/c15-11-3-1-10(2-4-11)9-14(17)16-12-5-7-13(18)8-6-12/h1-8,18H,9H2,(H,16,17). The lowest BCUT2D eigenvalue weighted by molar-refractivity contribution is -0.115. The highest BCUT2D eigenvalue weighted by atomic mass is 35.5. The van der Waals surface area contributed by atoms with Crippen LogP contribution in [0, 0.1) is 0 Å². The molecule has 4 heteroatoms. The molecule has 0 aliphatic heterocycles. The van der Waals surface area contributed by atoms with Crippen molar-refractivity contribution in [3.63, 3.8) is 0 Å². The maximum Gasteiger partial charge on any atom is 0.228 e. The smallest absolute Gasteiger partial charge is 0.228 e. The summed E-state index contributed by atoms with van der Waals surface area (Å²) in [6, 6.07) is 14.6. The zero-order valence-corrected chi connectivity index (χ0v) is 11.2. The summed E-state index contributed by atoms with van der Waals surface area (Å²) in [6.45, 7) is 0. The first-order valence-corrected chi connectivity index (χ1v) is 6.29. The Kier molecular flexibility index (Phi) is 4.28. The van der Waals surface area contributed by atoms with Crippen LogP contribution in [0.15, 0.2) is 53.4 Å². The lowest BCUT2D eigenvalue weighted by Gasteiger charge is -2.05. The molecular formula is C14H12ClNOS. The molecule has 0 aromatic heterocycles. The van der Waals surface area contributed by atoms with Crippen LogP contribution in [-0.4, -0.2) is 5.91 Å². The van der Waals surface area contributed by atoms with Gasteiger partial charge in [-0.3, -0.25) is 4.79 Å². The van der Waals surface area contributed by atoms with E-state index in [0.717, 1.165) is 16.1 Å². The molecule has 0 radical (unpaired) electrons. The van der Waals surface area contributed by atoms with Crippen molar-refractivity contribution >= 4 is 35.8 Å². The van der Waals surface area contributed by atoms with Gasteiger partial charge in [0.15, 0.2) is 0 Å². The van der Waals surface area contributed by atoms with Gasteiger partial charge in [-0.15, -0.1) is 12.6 Å². The van der Waals surface area contributed by atoms with Gasteiger partial charge in [0, 0.05) is 15.6 Å². The Morgan fingerprint density at radius 1 is 1.06 bits per heavy atom. The first-order valence-electron chi connectivity index (χ1n) is 5.47. The summed E-state index contributed by atoms with van der Waals surface area (Å²) in [7, 11) is 0. The number of nitrogens with one attached hydrogen (secondary N) is 1. The molecule has 2 aromatic carbocycles. The van der Waals surface area contributed by atoms with Crippen molar-refractivity contribution in [2.75, 3.05) is 5.32 Å². The van der Waals surface area contributed by atoms with Gasteiger partial charge in [-0.1, -0.05) is 23.7 Å². The molecule has 2 aromatic rings. The number of hydrogen-bond donors (Lipinski definition) is 2. The predicted molar refractivity (Wildman–Crippen MR) is 77.5 cm³/mol. The molecule has 0 spiro atoms. The molecule has 1 N–H and O–H groups in total. The number of thiol groups is 1. The Morgan fingerprint density at radius 3 is 2.28 bits per heavy atom. The zero-order chi connectivity index (χ0) is 13.0. The Hall–Kier alpha value is -1.45. The number of carbonyl (C=O) groups excluding carboxylic acids is 1. The van der Waals surface area contributed by atoms with Crippen molar-refractivity contribution in [3.8, 4) is 0 Å². The molecule has 18 heavy (non-hydrogen) atoms. The van der Waals surface area contributed by atoms with E-state index in [9.17, 15) is 4.79 Å². The number of amides is 1. The second kappa shape index (κ2) is 5.94. The molecule has 0 saturated heterocycles. The summed E-state index contributed by atoms with van der Waals surface area (Å²) in [5.74, 6) is -0.0516. The van der Waals surface area contributed by atoms with Crippen molar-refractivity contribution in [3.05, 3.63) is 59.1 Å². The fourth-order valence-corrected chi connectivity index (χ4v) is 1.81. The van der Waals surface area contributed by atoms with Crippen LogP contribution in [0.1, 0.15) is 5.56 Å². The number of halogens is 1. The number of rotatable bonds is 3. The first kappa shape index (κ1) is 13.0. The molecule has 0 heterocycles. The number of carbonyl (C=O) groups is 1. The molecule has 0 fully saturated rings. The van der Waals surface area contributed by atoms with Crippen LogP contribution in [0.2, 0.25) is 5.02 Å². The Morgan fingerprint density at radius 2 is 1.67 bits per heavy atom. The predicted octanol–water partition coefficient (Wildman–Crippen LogP) is 3.81. The molecule has 2 rings (SSSR count). The van der Waals surface area contributed by atoms with Gasteiger partial charge < -0.3 is 5.32 Å². The van der Waals surface area contributed by atoms with Gasteiger partial charge in [0.2, 0.25) is 5.91 Å². The van der Waals surface area contributed by atoms with E-state index in [2.05, 4.69) is 17.9 Å². The van der Waals surface area contributed by atoms with Crippen molar-refractivity contribution in [1.29, 1.82) is 0 Å². The van der Waals surface area contributed by atoms with Crippen molar-refractivity contribution in [1.82, 2.24) is 0 Å². The van der Waals surface area contributed by atoms with Crippen molar-refractivity contribution in [2.24, 2.45) is 0 Å². The van der Waals surface area contributed by atoms with Gasteiger partial charge in [0.25, 0.3) is 0 Å². The van der Waals surface area contributed by atoms with Crippen molar-refractivity contribution < 1.29 is 4.79 Å². The summed E-state index contributed by atoms with van der Waals surface area (Å²) >= 11 is 9.97. The van der Waals surface area contributed by atoms with Gasteiger partial charge in [0.05, 0.1) is 6.42 Å². The van der Waals surface area contributed by atoms with E-state index >= 15 is 0 Å². The average molecular weight is 278 g/mol. The fourth-order valence-electron chi connectivity index (χ4n) is 1.54. The van der Waals surface area contributed by atoms with Gasteiger partial charge in [-0.05, 0) is 42.0 Å². The fraction of sp³-hybridized carbons (Fsp3) is 0.0714. The van der Waals surface area contributed by atoms with E-state index in [1.165, 1.54) is 0 Å². The molecule has 2 nitrogen and oxygen atoms in total. The molecule has 0 aliphatic carbocycles. The van der Waals surface area contributed by atoms with Crippen LogP contribution >= 0.6 is 24.2 Å². The van der Waals surface area contributed by atoms with Gasteiger partial charge in [-0.2, -0.15) is 0 Å². The topological polar surface area (TPSA) is 29.1 Å². The Bertz CT molecular complexity index is 487. The molecular weight excluding hydrogens is 266 g/mol. The molecule has 0 unspecified atom stereocenters. The average Bonchev–Trinajstić information content (AvgIpc) is 2.35. The lowest BCUT2D eigenvalue weighted by atomic mass is 10.1. The lowest BCUT2D eigenvalue weighted by Crippen LogP contribution is -2.14. The summed E-state index contributed by atoms with van der Waals surface area (Å²) in [5, 5.41) is 3.50. The van der Waals surface area contributed by atoms with E-state index in [0.29, 0.717) is 11.4 Å². The number of hydrogen-bond acceptors (Lipinski definition) is 2. The zero-order valence-electron chi connectivity index (χ0n) is 9.56. The van der Waals surface area contributed by atoms with Gasteiger partial charge in [0.1, 0.15) is 0 Å². The largest absolute Gasteiger partial charge is 0.326 e. The number of benzene rings is 2. The van der Waals surface area contributed by atoms with Crippen LogP contribution < -0.4 is 5.32 Å². The second-order valence-corrected chi connectivity index (χ2v) is 4.85. The van der Waals surface area contributed by atoms with E-state index in [-0.39, 0.29) is 5.91 Å². The highest BCUT2D eigenvalue weighted by Crippen LogP contribution is 2.13. The maximum absolute atomic E-state index is 11.8. The minimum Gasteiger partial charge on any atom is -0.326 e. The monoisotopic (exact) mass is 277 g/mol. The molecule has 0 saturated carbocycles. The third-order valence-electron chi connectivity index (χ3n) is 2.43. The van der Waals surface area contributed by atoms with Crippen LogP contribution in [0.5, 0.6) is 0 Å². The summed E-state index contributed by atoms with van der Waals surface area (Å²) in [4.78, 5) is 12.7.